The first-order valence-electron chi connectivity index (χ1n) is 4.52. The van der Waals surface area contributed by atoms with Crippen LogP contribution < -0.4 is 9.47 Å². The highest BCUT2D eigenvalue weighted by atomic mass is 16.5. The van der Waals surface area contributed by atoms with Gasteiger partial charge < -0.3 is 9.47 Å². The van der Waals surface area contributed by atoms with Crippen LogP contribution in [0.3, 0.4) is 0 Å². The second-order valence-corrected chi connectivity index (χ2v) is 2.83. The number of benzene rings is 1. The quantitative estimate of drug-likeness (QED) is 0.733. The Balaban J connectivity index is 2.89. The van der Waals surface area contributed by atoms with Crippen LogP contribution in [0.15, 0.2) is 18.2 Å². The van der Waals surface area contributed by atoms with Crippen LogP contribution in [0.5, 0.6) is 11.5 Å². The summed E-state index contributed by atoms with van der Waals surface area (Å²) in [6, 6.07) is 7.19. The van der Waals surface area contributed by atoms with Crippen molar-refractivity contribution in [3.05, 3.63) is 23.8 Å². The summed E-state index contributed by atoms with van der Waals surface area (Å²) in [5.41, 5.74) is 0.575. The molecule has 0 fully saturated rings. The molecule has 1 aromatic rings. The maximum absolute atomic E-state index is 8.68. The average Bonchev–Trinajstić information content (AvgIpc) is 2.26. The molecule has 0 spiro atoms. The molecule has 0 aliphatic heterocycles. The zero-order chi connectivity index (χ0) is 10.4. The fraction of sp³-hybridized carbons (Fsp3) is 0.364. The van der Waals surface area contributed by atoms with E-state index < -0.39 is 0 Å². The van der Waals surface area contributed by atoms with Gasteiger partial charge in [-0.3, -0.25) is 0 Å². The van der Waals surface area contributed by atoms with E-state index in [2.05, 4.69) is 0 Å². The van der Waals surface area contributed by atoms with Crippen molar-refractivity contribution in [2.75, 3.05) is 13.7 Å². The Morgan fingerprint density at radius 2 is 2.14 bits per heavy atom. The molecule has 74 valence electrons. The van der Waals surface area contributed by atoms with E-state index in [1.807, 2.05) is 13.0 Å². The Labute approximate surface area is 83.9 Å². The molecule has 1 aromatic carbocycles. The van der Waals surface area contributed by atoms with Crippen LogP contribution in [0.2, 0.25) is 0 Å². The molecule has 0 amide bonds. The van der Waals surface area contributed by atoms with Crippen LogP contribution in [0.1, 0.15) is 18.9 Å². The van der Waals surface area contributed by atoms with Gasteiger partial charge in [0.1, 0.15) is 0 Å². The zero-order valence-electron chi connectivity index (χ0n) is 8.41. The topological polar surface area (TPSA) is 42.2 Å². The number of methoxy groups -OCH3 is 1. The molecular weight excluding hydrogens is 178 g/mol. The first kappa shape index (κ1) is 10.4. The second-order valence-electron chi connectivity index (χ2n) is 2.83. The lowest BCUT2D eigenvalue weighted by molar-refractivity contribution is 0.294. The number of rotatable bonds is 4. The molecular formula is C11H13NO2. The molecule has 1 rings (SSSR count). The Morgan fingerprint density at radius 3 is 2.71 bits per heavy atom. The van der Waals surface area contributed by atoms with E-state index in [0.717, 1.165) is 6.42 Å². The minimum absolute atomic E-state index is 0.575. The van der Waals surface area contributed by atoms with E-state index in [4.69, 9.17) is 14.7 Å². The Bertz CT molecular complexity index is 342. The van der Waals surface area contributed by atoms with Gasteiger partial charge in [-0.25, -0.2) is 0 Å². The minimum atomic E-state index is 0.575. The Kier molecular flexibility index (Phi) is 3.81. The third-order valence-electron chi connectivity index (χ3n) is 1.75. The summed E-state index contributed by atoms with van der Waals surface area (Å²) in [5.74, 6) is 1.30. The summed E-state index contributed by atoms with van der Waals surface area (Å²) in [6.07, 6.45) is 0.948. The van der Waals surface area contributed by atoms with Gasteiger partial charge in [-0.15, -0.1) is 0 Å². The molecule has 0 heterocycles. The first-order valence-corrected chi connectivity index (χ1v) is 4.52. The van der Waals surface area contributed by atoms with Crippen molar-refractivity contribution in [1.29, 1.82) is 5.26 Å². The van der Waals surface area contributed by atoms with Crippen molar-refractivity contribution in [1.82, 2.24) is 0 Å². The number of nitriles is 1. The van der Waals surface area contributed by atoms with Gasteiger partial charge in [0.15, 0.2) is 11.5 Å². The lowest BCUT2D eigenvalue weighted by Gasteiger charge is -2.09. The van der Waals surface area contributed by atoms with Gasteiger partial charge in [-0.1, -0.05) is 6.92 Å². The van der Waals surface area contributed by atoms with Crippen molar-refractivity contribution in [2.45, 2.75) is 13.3 Å². The molecule has 14 heavy (non-hydrogen) atoms. The standard InChI is InChI=1S/C11H13NO2/c1-3-6-14-10-5-4-9(8-12)7-11(10)13-2/h4-5,7H,3,6H2,1-2H3. The Hall–Kier alpha value is -1.69. The van der Waals surface area contributed by atoms with Crippen LogP contribution in [0, 0.1) is 11.3 Å². The summed E-state index contributed by atoms with van der Waals surface area (Å²) in [7, 11) is 1.56. The first-order chi connectivity index (χ1) is 6.81. The van der Waals surface area contributed by atoms with Crippen LogP contribution in [0.4, 0.5) is 0 Å². The highest BCUT2D eigenvalue weighted by Gasteiger charge is 2.04. The molecule has 0 aromatic heterocycles. The van der Waals surface area contributed by atoms with E-state index in [0.29, 0.717) is 23.7 Å². The normalized spacial score (nSPS) is 9.21. The molecule has 0 aliphatic rings. The summed E-state index contributed by atoms with van der Waals surface area (Å²) in [4.78, 5) is 0. The maximum atomic E-state index is 8.68. The molecule has 0 bridgehead atoms. The smallest absolute Gasteiger partial charge is 0.162 e. The minimum Gasteiger partial charge on any atom is -0.493 e. The molecule has 3 nitrogen and oxygen atoms in total. The van der Waals surface area contributed by atoms with Crippen LogP contribution in [-0.4, -0.2) is 13.7 Å². The van der Waals surface area contributed by atoms with Crippen LogP contribution >= 0.6 is 0 Å². The number of hydrogen-bond donors (Lipinski definition) is 0. The summed E-state index contributed by atoms with van der Waals surface area (Å²) >= 11 is 0. The third kappa shape index (κ3) is 2.40. The van der Waals surface area contributed by atoms with Gasteiger partial charge in [0, 0.05) is 6.07 Å². The monoisotopic (exact) mass is 191 g/mol. The van der Waals surface area contributed by atoms with E-state index in [9.17, 15) is 0 Å². The van der Waals surface area contributed by atoms with E-state index in [1.54, 1.807) is 25.3 Å². The number of ether oxygens (including phenoxy) is 2. The zero-order valence-corrected chi connectivity index (χ0v) is 8.41. The van der Waals surface area contributed by atoms with E-state index >= 15 is 0 Å². The maximum Gasteiger partial charge on any atom is 0.162 e. The predicted molar refractivity (Wildman–Crippen MR) is 53.5 cm³/mol. The summed E-state index contributed by atoms with van der Waals surface area (Å²) in [5, 5.41) is 8.68. The third-order valence-corrected chi connectivity index (χ3v) is 1.75. The van der Waals surface area contributed by atoms with Crippen molar-refractivity contribution in [3.8, 4) is 17.6 Å². The predicted octanol–water partition coefficient (Wildman–Crippen LogP) is 2.36. The highest BCUT2D eigenvalue weighted by Crippen LogP contribution is 2.27. The molecule has 0 saturated heterocycles. The van der Waals surface area contributed by atoms with Crippen molar-refractivity contribution < 1.29 is 9.47 Å². The van der Waals surface area contributed by atoms with Gasteiger partial charge in [0.05, 0.1) is 25.3 Å². The average molecular weight is 191 g/mol. The van der Waals surface area contributed by atoms with Gasteiger partial charge >= 0.3 is 0 Å². The Morgan fingerprint density at radius 1 is 1.36 bits per heavy atom. The fourth-order valence-electron chi connectivity index (χ4n) is 1.07. The fourth-order valence-corrected chi connectivity index (χ4v) is 1.07. The molecule has 0 aliphatic carbocycles. The molecule has 0 unspecified atom stereocenters. The second kappa shape index (κ2) is 5.13. The van der Waals surface area contributed by atoms with Crippen molar-refractivity contribution in [2.24, 2.45) is 0 Å². The molecule has 0 atom stereocenters. The largest absolute Gasteiger partial charge is 0.493 e. The lowest BCUT2D eigenvalue weighted by Crippen LogP contribution is -1.97. The summed E-state index contributed by atoms with van der Waals surface area (Å²) < 4.78 is 10.6. The molecule has 3 heteroatoms. The van der Waals surface area contributed by atoms with Gasteiger partial charge in [0.25, 0.3) is 0 Å². The number of hydrogen-bond acceptors (Lipinski definition) is 3. The highest BCUT2D eigenvalue weighted by molar-refractivity contribution is 5.46. The van der Waals surface area contributed by atoms with E-state index in [1.165, 1.54) is 0 Å². The van der Waals surface area contributed by atoms with E-state index in [-0.39, 0.29) is 0 Å². The molecule has 0 radical (unpaired) electrons. The molecule has 0 saturated carbocycles. The SMILES string of the molecule is CCCOc1ccc(C#N)cc1OC. The number of nitrogens with zero attached hydrogens (tertiary/aromatic N) is 1. The van der Waals surface area contributed by atoms with Gasteiger partial charge in [-0.2, -0.15) is 5.26 Å². The van der Waals surface area contributed by atoms with Gasteiger partial charge in [-0.05, 0) is 18.6 Å². The van der Waals surface area contributed by atoms with Crippen LogP contribution in [0.25, 0.3) is 0 Å². The van der Waals surface area contributed by atoms with Crippen molar-refractivity contribution in [3.63, 3.8) is 0 Å². The molecule has 0 N–H and O–H groups in total. The van der Waals surface area contributed by atoms with Gasteiger partial charge in [0.2, 0.25) is 0 Å². The summed E-state index contributed by atoms with van der Waals surface area (Å²) in [6.45, 7) is 2.69. The van der Waals surface area contributed by atoms with Crippen molar-refractivity contribution >= 4 is 0 Å². The lowest BCUT2D eigenvalue weighted by atomic mass is 10.2. The van der Waals surface area contributed by atoms with Crippen LogP contribution in [-0.2, 0) is 0 Å².